The first-order valence-corrected chi connectivity index (χ1v) is 11.3. The van der Waals surface area contributed by atoms with Crippen molar-refractivity contribution >= 4 is 27.4 Å². The zero-order valence-corrected chi connectivity index (χ0v) is 17.9. The number of carbonyl (C=O) groups is 2. The molecule has 0 saturated carbocycles. The van der Waals surface area contributed by atoms with Gasteiger partial charge in [0.1, 0.15) is 11.5 Å². The van der Waals surface area contributed by atoms with Crippen molar-refractivity contribution in [3.63, 3.8) is 0 Å². The van der Waals surface area contributed by atoms with Gasteiger partial charge in [0.15, 0.2) is 0 Å². The van der Waals surface area contributed by atoms with Gasteiger partial charge in [0.05, 0.1) is 10.6 Å². The first-order valence-electron chi connectivity index (χ1n) is 9.87. The van der Waals surface area contributed by atoms with E-state index in [0.29, 0.717) is 0 Å². The summed E-state index contributed by atoms with van der Waals surface area (Å²) in [5.41, 5.74) is 0.601. The van der Waals surface area contributed by atoms with Crippen molar-refractivity contribution in [3.05, 3.63) is 107 Å². The average molecular weight is 450 g/mol. The molecule has 8 heteroatoms. The second kappa shape index (κ2) is 8.39. The van der Waals surface area contributed by atoms with Crippen LogP contribution in [-0.2, 0) is 10.0 Å². The molecule has 0 fully saturated rings. The summed E-state index contributed by atoms with van der Waals surface area (Å²) in [7, 11) is -4.02. The number of rotatable bonds is 5. The summed E-state index contributed by atoms with van der Waals surface area (Å²) < 4.78 is 40.9. The lowest BCUT2D eigenvalue weighted by Gasteiger charge is -2.33. The third-order valence-electron chi connectivity index (χ3n) is 5.09. The third-order valence-corrected chi connectivity index (χ3v) is 7.03. The van der Waals surface area contributed by atoms with E-state index in [2.05, 4.69) is 5.32 Å². The average Bonchev–Trinajstić information content (AvgIpc) is 2.81. The largest absolute Gasteiger partial charge is 0.319 e. The van der Waals surface area contributed by atoms with Crippen LogP contribution in [0.1, 0.15) is 33.2 Å². The van der Waals surface area contributed by atoms with E-state index in [9.17, 15) is 22.4 Å². The second-order valence-electron chi connectivity index (χ2n) is 7.05. The number of carbonyl (C=O) groups excluding carboxylic acids is 2. The molecule has 1 aliphatic heterocycles. The lowest BCUT2D eigenvalue weighted by molar-refractivity contribution is 0.0972. The summed E-state index contributed by atoms with van der Waals surface area (Å²) in [5, 5.41) is 2.70. The van der Waals surface area contributed by atoms with Gasteiger partial charge in [-0.3, -0.25) is 13.9 Å². The molecule has 4 rings (SSSR count). The number of allylic oxidation sites excluding steroid dienone is 1. The van der Waals surface area contributed by atoms with Crippen molar-refractivity contribution in [1.29, 1.82) is 0 Å². The number of nitrogens with zero attached hydrogens (tertiary/aromatic N) is 1. The quantitative estimate of drug-likeness (QED) is 0.599. The number of likely N-dealkylation sites (N-methyl/N-ethyl adjacent to an activating group) is 1. The molecule has 0 atom stereocenters. The zero-order chi connectivity index (χ0) is 22.9. The minimum absolute atomic E-state index is 0.0131. The van der Waals surface area contributed by atoms with Gasteiger partial charge < -0.3 is 5.32 Å². The van der Waals surface area contributed by atoms with Crippen LogP contribution in [0.5, 0.6) is 0 Å². The first kappa shape index (κ1) is 21.5. The molecule has 32 heavy (non-hydrogen) atoms. The minimum atomic E-state index is -4.02. The maximum Gasteiger partial charge on any atom is 0.265 e. The van der Waals surface area contributed by atoms with Gasteiger partial charge in [0, 0.05) is 23.2 Å². The fourth-order valence-electron chi connectivity index (χ4n) is 3.58. The van der Waals surface area contributed by atoms with E-state index >= 15 is 0 Å². The molecule has 1 amide bonds. The maximum atomic E-state index is 13.5. The van der Waals surface area contributed by atoms with Crippen molar-refractivity contribution < 1.29 is 22.4 Å². The predicted molar refractivity (Wildman–Crippen MR) is 118 cm³/mol. The van der Waals surface area contributed by atoms with Gasteiger partial charge in [-0.05, 0) is 37.3 Å². The predicted octanol–water partition coefficient (Wildman–Crippen LogP) is 3.83. The van der Waals surface area contributed by atoms with Crippen molar-refractivity contribution in [2.45, 2.75) is 11.8 Å². The van der Waals surface area contributed by atoms with Gasteiger partial charge in [-0.25, -0.2) is 12.8 Å². The summed E-state index contributed by atoms with van der Waals surface area (Å²) >= 11 is 0. The topological polar surface area (TPSA) is 83.6 Å². The van der Waals surface area contributed by atoms with Gasteiger partial charge in [0.25, 0.3) is 15.9 Å². The van der Waals surface area contributed by atoms with Crippen LogP contribution < -0.4 is 5.32 Å². The molecule has 0 unspecified atom stereocenters. The van der Waals surface area contributed by atoms with Crippen LogP contribution in [0.4, 0.5) is 4.39 Å². The number of amides is 1. The smallest absolute Gasteiger partial charge is 0.265 e. The van der Waals surface area contributed by atoms with Gasteiger partial charge in [-0.15, -0.1) is 0 Å². The molecule has 0 bridgehead atoms. The van der Waals surface area contributed by atoms with E-state index in [4.69, 9.17) is 0 Å². The van der Waals surface area contributed by atoms with Gasteiger partial charge in [0.2, 0.25) is 5.78 Å². The van der Waals surface area contributed by atoms with Crippen LogP contribution in [0.2, 0.25) is 0 Å². The van der Waals surface area contributed by atoms with Crippen LogP contribution in [0.25, 0.3) is 5.70 Å². The number of hydrogen-bond acceptors (Lipinski definition) is 4. The van der Waals surface area contributed by atoms with Crippen molar-refractivity contribution in [2.24, 2.45) is 0 Å². The number of sulfonamides is 1. The van der Waals surface area contributed by atoms with Crippen LogP contribution in [0.3, 0.4) is 0 Å². The molecule has 0 aliphatic carbocycles. The molecule has 162 valence electrons. The monoisotopic (exact) mass is 450 g/mol. The molecule has 3 aromatic rings. The zero-order valence-electron chi connectivity index (χ0n) is 17.1. The second-order valence-corrected chi connectivity index (χ2v) is 8.88. The highest BCUT2D eigenvalue weighted by Gasteiger charge is 2.39. The van der Waals surface area contributed by atoms with Crippen molar-refractivity contribution in [1.82, 2.24) is 9.62 Å². The molecular formula is C24H19FN2O4S. The number of hydrogen-bond donors (Lipinski definition) is 1. The number of ketones is 1. The SMILES string of the molecule is CCN1C(C(=O)c2ccccc2)=C(NC(=O)c2ccc(F)cc2)c2ccccc2S1(=O)=O. The third kappa shape index (κ3) is 3.69. The Morgan fingerprint density at radius 2 is 1.50 bits per heavy atom. The molecule has 0 spiro atoms. The highest BCUT2D eigenvalue weighted by Crippen LogP contribution is 2.37. The number of nitrogens with one attached hydrogen (secondary N) is 1. The lowest BCUT2D eigenvalue weighted by Crippen LogP contribution is -2.41. The highest BCUT2D eigenvalue weighted by atomic mass is 32.2. The van der Waals surface area contributed by atoms with Gasteiger partial charge in [-0.1, -0.05) is 48.5 Å². The van der Waals surface area contributed by atoms with Crippen LogP contribution in [0, 0.1) is 5.82 Å². The van der Waals surface area contributed by atoms with Gasteiger partial charge >= 0.3 is 0 Å². The summed E-state index contributed by atoms with van der Waals surface area (Å²) in [5.74, 6) is -1.63. The molecule has 6 nitrogen and oxygen atoms in total. The van der Waals surface area contributed by atoms with Crippen molar-refractivity contribution in [3.8, 4) is 0 Å². The van der Waals surface area contributed by atoms with Crippen molar-refractivity contribution in [2.75, 3.05) is 6.54 Å². The molecule has 1 aliphatic rings. The summed E-state index contributed by atoms with van der Waals surface area (Å²) in [4.78, 5) is 26.4. The Balaban J connectivity index is 1.94. The normalized spacial score (nSPS) is 14.6. The molecule has 1 N–H and O–H groups in total. The maximum absolute atomic E-state index is 13.5. The lowest BCUT2D eigenvalue weighted by atomic mass is 10.0. The standard InChI is InChI=1S/C24H19FN2O4S/c1-2-27-22(23(28)16-8-4-3-5-9-16)21(19-10-6-7-11-20(19)32(27,30)31)26-24(29)17-12-14-18(25)15-13-17/h3-15H,2H2,1H3,(H,26,29). The Kier molecular flexibility index (Phi) is 5.63. The molecule has 0 aromatic heterocycles. The Hall–Kier alpha value is -3.78. The fourth-order valence-corrected chi connectivity index (χ4v) is 5.27. The fraction of sp³-hybridized carbons (Fsp3) is 0.0833. The Morgan fingerprint density at radius 1 is 0.875 bits per heavy atom. The molecule has 0 saturated heterocycles. The number of halogens is 1. The number of Topliss-reactive ketones (excluding diaryl/α,β-unsaturated/α-hetero) is 1. The molecule has 1 heterocycles. The van der Waals surface area contributed by atoms with E-state index < -0.39 is 27.5 Å². The molecule has 0 radical (unpaired) electrons. The van der Waals surface area contributed by atoms with E-state index in [1.807, 2.05) is 0 Å². The van der Waals surface area contributed by atoms with E-state index in [1.165, 1.54) is 18.2 Å². The van der Waals surface area contributed by atoms with Crippen LogP contribution in [0.15, 0.2) is 89.5 Å². The molecule has 3 aromatic carbocycles. The number of benzene rings is 3. The first-order chi connectivity index (χ1) is 15.3. The van der Waals surface area contributed by atoms with E-state index in [0.717, 1.165) is 16.4 Å². The summed E-state index contributed by atoms with van der Waals surface area (Å²) in [6.07, 6.45) is 0. The summed E-state index contributed by atoms with van der Waals surface area (Å²) in [6.45, 7) is 1.60. The molecular weight excluding hydrogens is 431 g/mol. The van der Waals surface area contributed by atoms with E-state index in [1.54, 1.807) is 55.5 Å². The Bertz CT molecular complexity index is 1330. The van der Waals surface area contributed by atoms with E-state index in [-0.39, 0.29) is 39.5 Å². The Morgan fingerprint density at radius 3 is 2.16 bits per heavy atom. The van der Waals surface area contributed by atoms with Gasteiger partial charge in [-0.2, -0.15) is 0 Å². The van der Waals surface area contributed by atoms with Crippen LogP contribution in [-0.4, -0.2) is 31.0 Å². The minimum Gasteiger partial charge on any atom is -0.319 e. The van der Waals surface area contributed by atoms with Crippen LogP contribution >= 0.6 is 0 Å². The summed E-state index contributed by atoms with van der Waals surface area (Å²) in [6, 6.07) is 19.3. The highest BCUT2D eigenvalue weighted by molar-refractivity contribution is 7.89. The number of fused-ring (bicyclic) bond motifs is 1. The Labute approximate surface area is 185 Å².